The van der Waals surface area contributed by atoms with Crippen LogP contribution in [0, 0.1) is 0 Å². The summed E-state index contributed by atoms with van der Waals surface area (Å²) in [5.41, 5.74) is 23.8. The second-order valence-electron chi connectivity index (χ2n) is 35.2. The first-order valence-electron chi connectivity index (χ1n) is 50.7. The monoisotopic (exact) mass is 1640 g/mol. The van der Waals surface area contributed by atoms with Gasteiger partial charge in [0.1, 0.15) is 0 Å². The van der Waals surface area contributed by atoms with Gasteiger partial charge >= 0.3 is 0 Å². The number of aromatic nitrogens is 2. The molecule has 127 heavy (non-hydrogen) atoms. The van der Waals surface area contributed by atoms with E-state index in [0.717, 1.165) is 133 Å². The van der Waals surface area contributed by atoms with Crippen LogP contribution < -0.4 is 26.2 Å². The largest absolute Gasteiger partial charge is 0.310 e. The number of anilines is 6. The Bertz CT molecular complexity index is 8550. The Hall–Kier alpha value is -15.6. The molecule has 2 aliphatic rings. The molecule has 0 saturated carbocycles. The van der Waals surface area contributed by atoms with Crippen LogP contribution in [-0.2, 0) is 10.8 Å². The first kappa shape index (κ1) is 61.7. The Morgan fingerprint density at radius 2 is 0.559 bits per heavy atom. The van der Waals surface area contributed by atoms with Crippen molar-refractivity contribution < 1.29 is 20.6 Å². The second kappa shape index (κ2) is 30.7. The molecule has 0 amide bonds. The maximum Gasteiger partial charge on any atom is 0.252 e. The van der Waals surface area contributed by atoms with Gasteiger partial charge in [-0.1, -0.05) is 369 Å². The average Bonchev–Trinajstić information content (AvgIpc) is 1.12. The van der Waals surface area contributed by atoms with Gasteiger partial charge < -0.3 is 18.9 Å². The number of nitrogens with zero attached hydrogens (tertiary/aromatic N) is 4. The lowest BCUT2D eigenvalue weighted by atomic mass is 9.33. The minimum atomic E-state index is -0.891. The quantitative estimate of drug-likeness (QED) is 0.101. The lowest BCUT2D eigenvalue weighted by Crippen LogP contribution is -2.61. The molecule has 0 aliphatic carbocycles. The Kier molecular flexibility index (Phi) is 14.9. The van der Waals surface area contributed by atoms with E-state index in [9.17, 15) is 20.6 Å². The summed E-state index contributed by atoms with van der Waals surface area (Å²) >= 11 is 0. The maximum absolute atomic E-state index is 10.6. The summed E-state index contributed by atoms with van der Waals surface area (Å²) in [5.74, 6) is 0. The molecule has 0 unspecified atom stereocenters. The van der Waals surface area contributed by atoms with Crippen molar-refractivity contribution in [3.63, 3.8) is 0 Å². The zero-order chi connectivity index (χ0) is 98.2. The highest BCUT2D eigenvalue weighted by molar-refractivity contribution is 7.00. The molecule has 0 spiro atoms. The Morgan fingerprint density at radius 3 is 1.00 bits per heavy atom. The van der Waals surface area contributed by atoms with Crippen LogP contribution in [0.3, 0.4) is 0 Å². The third-order valence-electron chi connectivity index (χ3n) is 25.4. The van der Waals surface area contributed by atoms with E-state index in [1.807, 2.05) is 115 Å². The van der Waals surface area contributed by atoms with Gasteiger partial charge in [0.05, 0.1) is 59.7 Å². The Morgan fingerprint density at radius 1 is 0.228 bits per heavy atom. The van der Waals surface area contributed by atoms with Crippen molar-refractivity contribution in [3.8, 4) is 123 Å². The second-order valence-corrected chi connectivity index (χ2v) is 35.2. The van der Waals surface area contributed by atoms with Gasteiger partial charge in [0.15, 0.2) is 0 Å². The SMILES string of the molecule is [2H]c1c([2H])c([2H])c2c(c1[2H])c1c([2H])c([2H])c([2H])c([2H])c1n2-c1cc2c3c(c1)N(c1c(-c4ccccc4)cc(C(C)(C)C)cc1-c1ccccc1)c1cc(-n4c5c([2H])c([2H])c([2H])c([2H])c5c5c([2H])c(-c6ccccc6)c([2H])c([2H])c54)ccc1B3c1cc(-c3cc(-c4ccccc4)cc(-c4ccccc4)c3)ccc1N2c1c(-c2cccc(-c3ccccc3)c2)cc(C(C)(C)C)cc1-c1cccc(-c2ccccc2)c1. The molecule has 0 bridgehead atoms. The van der Waals surface area contributed by atoms with Crippen LogP contribution in [-0.4, -0.2) is 15.8 Å². The number of fused-ring (bicyclic) bond motifs is 10. The van der Waals surface area contributed by atoms with Crippen LogP contribution in [0.1, 0.15) is 73.2 Å². The lowest BCUT2D eigenvalue weighted by molar-refractivity contribution is 0.590. The third kappa shape index (κ3) is 13.3. The van der Waals surface area contributed by atoms with Crippen molar-refractivity contribution in [1.29, 1.82) is 0 Å². The minimum absolute atomic E-state index is 0.00229. The number of hydrogen-bond acceptors (Lipinski definition) is 2. The summed E-state index contributed by atoms with van der Waals surface area (Å²) in [4.78, 5) is 4.64. The fourth-order valence-corrected chi connectivity index (χ4v) is 19.2. The van der Waals surface area contributed by atoms with E-state index in [2.05, 4.69) is 264 Å². The molecule has 0 saturated heterocycles. The molecule has 4 nitrogen and oxygen atoms in total. The molecule has 4 heterocycles. The van der Waals surface area contributed by atoms with Crippen LogP contribution >= 0.6 is 0 Å². The Balaban J connectivity index is 0.965. The van der Waals surface area contributed by atoms with E-state index in [4.69, 9.17) is 0 Å². The van der Waals surface area contributed by atoms with Crippen LogP contribution in [0.25, 0.3) is 166 Å². The fourth-order valence-electron chi connectivity index (χ4n) is 19.2. The number of para-hydroxylation sites is 3. The zero-order valence-electron chi connectivity index (χ0n) is 85.9. The Labute approximate surface area is 764 Å². The van der Waals surface area contributed by atoms with Crippen molar-refractivity contribution >= 4 is 101 Å². The molecule has 19 aromatic carbocycles. The molecule has 0 N–H and O–H groups in total. The summed E-state index contributed by atoms with van der Waals surface area (Å²) in [6.45, 7) is 12.4. The fraction of sp³-hybridized carbons (Fsp3) is 0.0656. The maximum atomic E-state index is 10.6. The summed E-state index contributed by atoms with van der Waals surface area (Å²) < 4.78 is 154. The van der Waals surface area contributed by atoms with Crippen LogP contribution in [0.5, 0.6) is 0 Å². The van der Waals surface area contributed by atoms with E-state index < -0.39 is 90.1 Å². The number of rotatable bonds is 14. The van der Waals surface area contributed by atoms with Crippen LogP contribution in [0.15, 0.2) is 442 Å². The standard InChI is InChI=1S/C122H91BN4/c1-121(2,3)96-73-103(85-46-24-12-25-47-85)119(104(74-96)86-48-26-13-27-49-86)127-115-77-98(124-112-59-33-30-56-102(112)107-71-89(60-64-113(107)124)82-40-18-9-19-41-82)62-63-108(115)123-109-72-90(95-69-93(83-42-20-10-21-43-83)68-94(70-95)84-44-22-11-23-45-84)61-65-114(109)126(116-78-99(79-117(127)118(116)123)125-110-57-31-28-54-100(110)101-55-29-32-58-111(101)125)120-105(91-52-34-50-87(66-91)80-36-14-7-15-37-80)75-97(122(4,5)6)76-106(120)92-53-35-51-88(67-92)81-38-16-8-17-39-81/h7-79H,1-6H3/i28D,29D,30D,31D,32D,33D,54D,55D,56D,57D,58D,59D,60D,64D,71D. The van der Waals surface area contributed by atoms with Crippen molar-refractivity contribution in [1.82, 2.24) is 9.13 Å². The van der Waals surface area contributed by atoms with Gasteiger partial charge in [-0.2, -0.15) is 0 Å². The molecule has 0 atom stereocenters. The normalized spacial score (nSPS) is 14.1. The topological polar surface area (TPSA) is 16.3 Å². The van der Waals surface area contributed by atoms with Gasteiger partial charge in [-0.3, -0.25) is 0 Å². The van der Waals surface area contributed by atoms with Crippen molar-refractivity contribution in [2.45, 2.75) is 52.4 Å². The molecule has 5 heteroatoms. The summed E-state index contributed by atoms with van der Waals surface area (Å²) in [5, 5.41) is -0.222. The number of benzene rings is 19. The predicted octanol–water partition coefficient (Wildman–Crippen LogP) is 31.2. The third-order valence-corrected chi connectivity index (χ3v) is 25.4. The molecule has 2 aromatic heterocycles. The van der Waals surface area contributed by atoms with Gasteiger partial charge in [-0.25, -0.2) is 0 Å². The van der Waals surface area contributed by atoms with Gasteiger partial charge in [0, 0.05) is 72.2 Å². The lowest BCUT2D eigenvalue weighted by Gasteiger charge is -2.46. The molecule has 0 fully saturated rings. The average molecular weight is 1640 g/mol. The summed E-state index contributed by atoms with van der Waals surface area (Å²) in [6.07, 6.45) is 0. The van der Waals surface area contributed by atoms with E-state index in [-0.39, 0.29) is 78.7 Å². The molecule has 23 rings (SSSR count). The highest BCUT2D eigenvalue weighted by atomic mass is 15.2. The predicted molar refractivity (Wildman–Crippen MR) is 541 cm³/mol. The molecule has 21 aromatic rings. The van der Waals surface area contributed by atoms with E-state index in [1.165, 1.54) is 0 Å². The smallest absolute Gasteiger partial charge is 0.252 e. The summed E-state index contributed by atoms with van der Waals surface area (Å²) in [7, 11) is 0. The molecular formula is C122H91BN4. The first-order valence-corrected chi connectivity index (χ1v) is 43.2. The van der Waals surface area contributed by atoms with Gasteiger partial charge in [0.25, 0.3) is 6.71 Å². The van der Waals surface area contributed by atoms with E-state index in [1.54, 1.807) is 33.4 Å². The van der Waals surface area contributed by atoms with E-state index in [0.29, 0.717) is 34.0 Å². The highest BCUT2D eigenvalue weighted by Crippen LogP contribution is 2.57. The van der Waals surface area contributed by atoms with Crippen molar-refractivity contribution in [2.75, 3.05) is 9.80 Å². The zero-order valence-corrected chi connectivity index (χ0v) is 70.9. The number of hydrogen-bond donors (Lipinski definition) is 0. The summed E-state index contributed by atoms with van der Waals surface area (Å²) in [6, 6.07) is 114. The van der Waals surface area contributed by atoms with Gasteiger partial charge in [0.2, 0.25) is 0 Å². The van der Waals surface area contributed by atoms with Gasteiger partial charge in [-0.05, 0) is 243 Å². The van der Waals surface area contributed by atoms with Crippen molar-refractivity contribution in [3.05, 3.63) is 454 Å². The molecule has 602 valence electrons. The minimum Gasteiger partial charge on any atom is -0.310 e. The van der Waals surface area contributed by atoms with Crippen LogP contribution in [0.2, 0.25) is 0 Å². The van der Waals surface area contributed by atoms with Crippen LogP contribution in [0.4, 0.5) is 34.1 Å². The highest BCUT2D eigenvalue weighted by Gasteiger charge is 2.47. The van der Waals surface area contributed by atoms with Crippen molar-refractivity contribution in [2.24, 2.45) is 0 Å². The molecule has 2 aliphatic heterocycles. The van der Waals surface area contributed by atoms with Gasteiger partial charge in [-0.15, -0.1) is 0 Å². The molecular weight excluding hydrogens is 1530 g/mol. The molecule has 0 radical (unpaired) electrons. The van der Waals surface area contributed by atoms with E-state index >= 15 is 0 Å². The first-order chi connectivity index (χ1) is 68.5.